The molecule has 0 spiro atoms. The van der Waals surface area contributed by atoms with Crippen LogP contribution in [0.5, 0.6) is 5.75 Å². The van der Waals surface area contributed by atoms with Crippen LogP contribution in [0.25, 0.3) is 11.1 Å². The number of alkyl halides is 3. The molecule has 19 heavy (non-hydrogen) atoms. The first kappa shape index (κ1) is 13.1. The molecule has 0 saturated carbocycles. The molecule has 1 aromatic carbocycles. The van der Waals surface area contributed by atoms with E-state index in [1.54, 1.807) is 0 Å². The summed E-state index contributed by atoms with van der Waals surface area (Å²) in [4.78, 5) is 3.64. The average Bonchev–Trinajstić information content (AvgIpc) is 2.32. The summed E-state index contributed by atoms with van der Waals surface area (Å²) >= 11 is 0. The SMILES string of the molecule is Nc1c(F)cncc1-c1ccc(OC(F)(F)F)cc1. The van der Waals surface area contributed by atoms with E-state index in [4.69, 9.17) is 5.73 Å². The summed E-state index contributed by atoms with van der Waals surface area (Å²) in [5.74, 6) is -1.05. The van der Waals surface area contributed by atoms with Crippen LogP contribution in [0.3, 0.4) is 0 Å². The van der Waals surface area contributed by atoms with Crippen LogP contribution in [0.2, 0.25) is 0 Å². The molecule has 0 bridgehead atoms. The molecule has 2 rings (SSSR count). The predicted octanol–water partition coefficient (Wildman–Crippen LogP) is 3.37. The molecule has 0 saturated heterocycles. The number of halogens is 4. The number of aromatic nitrogens is 1. The highest BCUT2D eigenvalue weighted by atomic mass is 19.4. The zero-order valence-electron chi connectivity index (χ0n) is 9.41. The third-order valence-electron chi connectivity index (χ3n) is 2.34. The third kappa shape index (κ3) is 3.12. The van der Waals surface area contributed by atoms with Crippen molar-refractivity contribution in [3.8, 4) is 16.9 Å². The third-order valence-corrected chi connectivity index (χ3v) is 2.34. The van der Waals surface area contributed by atoms with Crippen molar-refractivity contribution in [1.29, 1.82) is 0 Å². The van der Waals surface area contributed by atoms with Crippen molar-refractivity contribution in [3.63, 3.8) is 0 Å². The molecule has 3 nitrogen and oxygen atoms in total. The number of nitrogens with zero attached hydrogens (tertiary/aromatic N) is 1. The van der Waals surface area contributed by atoms with E-state index >= 15 is 0 Å². The van der Waals surface area contributed by atoms with Crippen LogP contribution in [0.1, 0.15) is 0 Å². The van der Waals surface area contributed by atoms with Crippen molar-refractivity contribution in [2.45, 2.75) is 6.36 Å². The molecule has 100 valence electrons. The molecular formula is C12H8F4N2O. The normalized spacial score (nSPS) is 11.4. The summed E-state index contributed by atoms with van der Waals surface area (Å²) in [5, 5.41) is 0. The molecule has 0 radical (unpaired) electrons. The van der Waals surface area contributed by atoms with E-state index < -0.39 is 12.2 Å². The van der Waals surface area contributed by atoms with Crippen molar-refractivity contribution >= 4 is 5.69 Å². The van der Waals surface area contributed by atoms with Crippen LogP contribution >= 0.6 is 0 Å². The minimum atomic E-state index is -4.75. The topological polar surface area (TPSA) is 48.1 Å². The minimum Gasteiger partial charge on any atom is -0.406 e. The Morgan fingerprint density at radius 2 is 1.68 bits per heavy atom. The van der Waals surface area contributed by atoms with Crippen molar-refractivity contribution in [2.24, 2.45) is 0 Å². The maximum Gasteiger partial charge on any atom is 0.573 e. The predicted molar refractivity (Wildman–Crippen MR) is 60.7 cm³/mol. The number of ether oxygens (including phenoxy) is 1. The molecule has 1 heterocycles. The fourth-order valence-corrected chi connectivity index (χ4v) is 1.51. The summed E-state index contributed by atoms with van der Waals surface area (Å²) < 4.78 is 52.9. The minimum absolute atomic E-state index is 0.112. The Morgan fingerprint density at radius 3 is 2.26 bits per heavy atom. The molecular weight excluding hydrogens is 264 g/mol. The first-order valence-electron chi connectivity index (χ1n) is 5.12. The molecule has 0 aliphatic heterocycles. The zero-order valence-corrected chi connectivity index (χ0v) is 9.41. The van der Waals surface area contributed by atoms with Gasteiger partial charge in [-0.1, -0.05) is 12.1 Å². The Balaban J connectivity index is 2.30. The molecule has 0 amide bonds. The van der Waals surface area contributed by atoms with Gasteiger partial charge >= 0.3 is 6.36 Å². The molecule has 0 fully saturated rings. The molecule has 0 atom stereocenters. The fraction of sp³-hybridized carbons (Fsp3) is 0.0833. The molecule has 0 aliphatic rings. The van der Waals surface area contributed by atoms with Crippen LogP contribution in [-0.4, -0.2) is 11.3 Å². The van der Waals surface area contributed by atoms with E-state index in [1.807, 2.05) is 0 Å². The van der Waals surface area contributed by atoms with Crippen molar-refractivity contribution in [1.82, 2.24) is 4.98 Å². The number of pyridine rings is 1. The monoisotopic (exact) mass is 272 g/mol. The Bertz CT molecular complexity index is 581. The van der Waals surface area contributed by atoms with Gasteiger partial charge in [0.1, 0.15) is 5.75 Å². The van der Waals surface area contributed by atoms with Gasteiger partial charge in [-0.15, -0.1) is 13.2 Å². The van der Waals surface area contributed by atoms with Crippen molar-refractivity contribution < 1.29 is 22.3 Å². The second-order valence-electron chi connectivity index (χ2n) is 3.65. The summed E-state index contributed by atoms with van der Waals surface area (Å²) in [7, 11) is 0. The second-order valence-corrected chi connectivity index (χ2v) is 3.65. The Morgan fingerprint density at radius 1 is 1.05 bits per heavy atom. The van der Waals surface area contributed by atoms with Gasteiger partial charge in [0.05, 0.1) is 11.9 Å². The number of nitrogens with two attached hydrogens (primary N) is 1. The first-order chi connectivity index (χ1) is 8.87. The second kappa shape index (κ2) is 4.75. The van der Waals surface area contributed by atoms with E-state index in [-0.39, 0.29) is 11.4 Å². The lowest BCUT2D eigenvalue weighted by Crippen LogP contribution is -2.16. The van der Waals surface area contributed by atoms with Gasteiger partial charge in [0, 0.05) is 11.8 Å². The van der Waals surface area contributed by atoms with Gasteiger partial charge < -0.3 is 10.5 Å². The van der Waals surface area contributed by atoms with Gasteiger partial charge in [-0.25, -0.2) is 4.39 Å². The molecule has 2 N–H and O–H groups in total. The van der Waals surface area contributed by atoms with E-state index in [2.05, 4.69) is 9.72 Å². The standard InChI is InChI=1S/C12H8F4N2O/c13-10-6-18-5-9(11(10)17)7-1-3-8(4-2-7)19-12(14,15)16/h1-6H,(H2,17,18). The van der Waals surface area contributed by atoms with E-state index in [1.165, 1.54) is 18.3 Å². The average molecular weight is 272 g/mol. The highest BCUT2D eigenvalue weighted by molar-refractivity contribution is 5.75. The highest BCUT2D eigenvalue weighted by Gasteiger charge is 2.30. The first-order valence-corrected chi connectivity index (χ1v) is 5.12. The highest BCUT2D eigenvalue weighted by Crippen LogP contribution is 2.29. The summed E-state index contributed by atoms with van der Waals surface area (Å²) in [6, 6.07) is 4.92. The maximum absolute atomic E-state index is 13.2. The van der Waals surface area contributed by atoms with Crippen molar-refractivity contribution in [3.05, 3.63) is 42.5 Å². The summed E-state index contributed by atoms with van der Waals surface area (Å²) in [6.07, 6.45) is -2.46. The number of hydrogen-bond acceptors (Lipinski definition) is 3. The van der Waals surface area contributed by atoms with Gasteiger partial charge in [-0.05, 0) is 17.7 Å². The number of rotatable bonds is 2. The maximum atomic E-state index is 13.2. The molecule has 0 unspecified atom stereocenters. The van der Waals surface area contributed by atoms with Crippen LogP contribution in [-0.2, 0) is 0 Å². The molecule has 1 aromatic heterocycles. The van der Waals surface area contributed by atoms with Gasteiger partial charge in [-0.3, -0.25) is 4.98 Å². The van der Waals surface area contributed by atoms with Gasteiger partial charge in [0.2, 0.25) is 0 Å². The molecule has 2 aromatic rings. The molecule has 7 heteroatoms. The van der Waals surface area contributed by atoms with Crippen LogP contribution in [0, 0.1) is 5.82 Å². The van der Waals surface area contributed by atoms with Gasteiger partial charge in [-0.2, -0.15) is 0 Å². The quantitative estimate of drug-likeness (QED) is 0.853. The Labute approximate surface area is 105 Å². The lowest BCUT2D eigenvalue weighted by molar-refractivity contribution is -0.274. The largest absolute Gasteiger partial charge is 0.573 e. The number of benzene rings is 1. The van der Waals surface area contributed by atoms with E-state index in [9.17, 15) is 17.6 Å². The van der Waals surface area contributed by atoms with E-state index in [0.717, 1.165) is 18.3 Å². The number of anilines is 1. The van der Waals surface area contributed by atoms with Gasteiger partial charge in [0.25, 0.3) is 0 Å². The van der Waals surface area contributed by atoms with Crippen LogP contribution in [0.4, 0.5) is 23.2 Å². The zero-order chi connectivity index (χ0) is 14.0. The Kier molecular flexibility index (Phi) is 3.28. The fourth-order valence-electron chi connectivity index (χ4n) is 1.51. The van der Waals surface area contributed by atoms with E-state index in [0.29, 0.717) is 11.1 Å². The summed E-state index contributed by atoms with van der Waals surface area (Å²) in [5.41, 5.74) is 6.16. The lowest BCUT2D eigenvalue weighted by atomic mass is 10.1. The number of nitrogen functional groups attached to an aromatic ring is 1. The van der Waals surface area contributed by atoms with Gasteiger partial charge in [0.15, 0.2) is 5.82 Å². The summed E-state index contributed by atoms with van der Waals surface area (Å²) in [6.45, 7) is 0. The van der Waals surface area contributed by atoms with Crippen LogP contribution in [0.15, 0.2) is 36.7 Å². The lowest BCUT2D eigenvalue weighted by Gasteiger charge is -2.10. The Hall–Kier alpha value is -2.31. The van der Waals surface area contributed by atoms with Crippen molar-refractivity contribution in [2.75, 3.05) is 5.73 Å². The number of hydrogen-bond donors (Lipinski definition) is 1. The smallest absolute Gasteiger partial charge is 0.406 e. The molecule has 0 aliphatic carbocycles. The van der Waals surface area contributed by atoms with Crippen LogP contribution < -0.4 is 10.5 Å².